The Morgan fingerprint density at radius 1 is 1.26 bits per heavy atom. The number of urea groups is 1. The summed E-state index contributed by atoms with van der Waals surface area (Å²) in [6.07, 6.45) is 1.64. The highest BCUT2D eigenvalue weighted by atomic mass is 16.3. The van der Waals surface area contributed by atoms with E-state index in [4.69, 9.17) is 9.52 Å². The predicted molar refractivity (Wildman–Crippen MR) is 108 cm³/mol. The number of likely N-dealkylation sites (N-methyl/N-ethyl adjacent to an activating group) is 1. The molecule has 0 bridgehead atoms. The van der Waals surface area contributed by atoms with E-state index in [0.717, 1.165) is 11.5 Å². The number of aromatic nitrogens is 2. The number of furan rings is 1. The molecule has 0 saturated heterocycles. The molecule has 0 aromatic carbocycles. The van der Waals surface area contributed by atoms with Gasteiger partial charge in [0.1, 0.15) is 11.6 Å². The highest BCUT2D eigenvalue weighted by molar-refractivity contribution is 5.88. The first kappa shape index (κ1) is 21.0. The molecule has 150 valence electrons. The molecule has 0 aliphatic heterocycles. The first-order valence-electron chi connectivity index (χ1n) is 9.25. The number of nitrogens with zero attached hydrogens (tertiary/aromatic N) is 3. The Morgan fingerprint density at radius 3 is 2.41 bits per heavy atom. The minimum atomic E-state index is -0.265. The van der Waals surface area contributed by atoms with Gasteiger partial charge in [-0.25, -0.2) is 9.48 Å². The smallest absolute Gasteiger partial charge is 0.320 e. The Labute approximate surface area is 162 Å². The monoisotopic (exact) mass is 375 g/mol. The number of hydrogen-bond donors (Lipinski definition) is 2. The molecule has 2 rings (SSSR count). The molecular formula is C20H33N5O2. The van der Waals surface area contributed by atoms with Crippen molar-refractivity contribution in [2.24, 2.45) is 0 Å². The van der Waals surface area contributed by atoms with Crippen molar-refractivity contribution in [1.82, 2.24) is 20.0 Å². The molecule has 2 amide bonds. The summed E-state index contributed by atoms with van der Waals surface area (Å²) < 4.78 is 7.35. The van der Waals surface area contributed by atoms with Crippen molar-refractivity contribution in [1.29, 1.82) is 0 Å². The van der Waals surface area contributed by atoms with Gasteiger partial charge >= 0.3 is 6.03 Å². The summed E-state index contributed by atoms with van der Waals surface area (Å²) in [4.78, 5) is 14.5. The lowest BCUT2D eigenvalue weighted by atomic mass is 9.92. The second-order valence-electron chi connectivity index (χ2n) is 9.08. The molecule has 1 unspecified atom stereocenters. The highest BCUT2D eigenvalue weighted by Gasteiger charge is 2.26. The molecule has 2 aromatic heterocycles. The van der Waals surface area contributed by atoms with E-state index in [-0.39, 0.29) is 23.0 Å². The lowest BCUT2D eigenvalue weighted by Crippen LogP contribution is -2.37. The van der Waals surface area contributed by atoms with Gasteiger partial charge in [-0.1, -0.05) is 20.8 Å². The molecule has 2 heterocycles. The molecule has 27 heavy (non-hydrogen) atoms. The van der Waals surface area contributed by atoms with E-state index in [1.807, 2.05) is 41.9 Å². The lowest BCUT2D eigenvalue weighted by molar-refractivity contribution is 0.233. The van der Waals surface area contributed by atoms with Gasteiger partial charge in [-0.2, -0.15) is 5.10 Å². The van der Waals surface area contributed by atoms with Gasteiger partial charge in [0.25, 0.3) is 0 Å². The fourth-order valence-electron chi connectivity index (χ4n) is 2.72. The molecular weight excluding hydrogens is 342 g/mol. The first-order chi connectivity index (χ1) is 12.4. The van der Waals surface area contributed by atoms with Crippen LogP contribution in [0, 0.1) is 0 Å². The number of anilines is 1. The normalized spacial score (nSPS) is 13.7. The van der Waals surface area contributed by atoms with Crippen LogP contribution >= 0.6 is 0 Å². The average molecular weight is 376 g/mol. The summed E-state index contributed by atoms with van der Waals surface area (Å²) in [6, 6.07) is 5.40. The Balaban J connectivity index is 2.12. The van der Waals surface area contributed by atoms with E-state index < -0.39 is 0 Å². The van der Waals surface area contributed by atoms with Gasteiger partial charge in [-0.3, -0.25) is 10.2 Å². The number of nitrogens with one attached hydrogen (secondary N) is 2. The van der Waals surface area contributed by atoms with Gasteiger partial charge in [-0.05, 0) is 47.0 Å². The maximum absolute atomic E-state index is 12.5. The summed E-state index contributed by atoms with van der Waals surface area (Å²) in [5.41, 5.74) is 0.597. The van der Waals surface area contributed by atoms with E-state index in [0.29, 0.717) is 12.4 Å². The zero-order chi connectivity index (χ0) is 20.4. The first-order valence-corrected chi connectivity index (χ1v) is 9.25. The fourth-order valence-corrected chi connectivity index (χ4v) is 2.72. The number of carbonyl (C=O) groups is 1. The number of hydrogen-bond acceptors (Lipinski definition) is 4. The minimum Gasteiger partial charge on any atom is -0.468 e. The van der Waals surface area contributed by atoms with Crippen molar-refractivity contribution in [3.05, 3.63) is 35.9 Å². The van der Waals surface area contributed by atoms with E-state index in [1.165, 1.54) is 0 Å². The van der Waals surface area contributed by atoms with Crippen LogP contribution in [0.25, 0.3) is 0 Å². The lowest BCUT2D eigenvalue weighted by Gasteiger charge is -2.24. The van der Waals surface area contributed by atoms with Crippen LogP contribution in [0.3, 0.4) is 0 Å². The van der Waals surface area contributed by atoms with Crippen LogP contribution in [-0.2, 0) is 11.0 Å². The van der Waals surface area contributed by atoms with Crippen molar-refractivity contribution < 1.29 is 9.21 Å². The van der Waals surface area contributed by atoms with E-state index in [2.05, 4.69) is 52.2 Å². The summed E-state index contributed by atoms with van der Waals surface area (Å²) in [5.74, 6) is 1.50. The fraction of sp³-hybridized carbons (Fsp3) is 0.600. The van der Waals surface area contributed by atoms with Crippen LogP contribution in [0.15, 0.2) is 28.9 Å². The van der Waals surface area contributed by atoms with Crippen LogP contribution in [0.1, 0.15) is 59.0 Å². The summed E-state index contributed by atoms with van der Waals surface area (Å²) >= 11 is 0. The van der Waals surface area contributed by atoms with Gasteiger partial charge in [0.15, 0.2) is 0 Å². The van der Waals surface area contributed by atoms with Crippen molar-refractivity contribution in [2.45, 2.75) is 58.5 Å². The highest BCUT2D eigenvalue weighted by Crippen LogP contribution is 2.28. The summed E-state index contributed by atoms with van der Waals surface area (Å²) in [5, 5.41) is 10.6. The van der Waals surface area contributed by atoms with Crippen molar-refractivity contribution in [3.63, 3.8) is 0 Å². The molecule has 0 aliphatic carbocycles. The van der Waals surface area contributed by atoms with Crippen molar-refractivity contribution in [2.75, 3.05) is 26.0 Å². The van der Waals surface area contributed by atoms with Crippen LogP contribution in [0.4, 0.5) is 10.6 Å². The summed E-state index contributed by atoms with van der Waals surface area (Å²) in [6.45, 7) is 12.9. The van der Waals surface area contributed by atoms with Gasteiger partial charge in [-0.15, -0.1) is 0 Å². The second kappa shape index (κ2) is 7.76. The molecule has 1 atom stereocenters. The number of amides is 2. The quantitative estimate of drug-likeness (QED) is 0.830. The minimum absolute atomic E-state index is 0.0385. The zero-order valence-electron chi connectivity index (χ0n) is 17.8. The topological polar surface area (TPSA) is 75.3 Å². The Kier molecular flexibility index (Phi) is 6.04. The van der Waals surface area contributed by atoms with Gasteiger partial charge < -0.3 is 9.73 Å². The van der Waals surface area contributed by atoms with Crippen LogP contribution in [0.5, 0.6) is 0 Å². The Morgan fingerprint density at radius 2 is 1.93 bits per heavy atom. The maximum atomic E-state index is 12.5. The Bertz CT molecular complexity index is 748. The van der Waals surface area contributed by atoms with Gasteiger partial charge in [0.05, 0.1) is 23.5 Å². The van der Waals surface area contributed by atoms with Crippen LogP contribution in [-0.4, -0.2) is 41.4 Å². The van der Waals surface area contributed by atoms with Crippen molar-refractivity contribution >= 4 is 11.8 Å². The molecule has 0 aliphatic rings. The third kappa shape index (κ3) is 5.35. The van der Waals surface area contributed by atoms with Gasteiger partial charge in [0.2, 0.25) is 0 Å². The second-order valence-corrected chi connectivity index (χ2v) is 9.08. The molecule has 7 heteroatoms. The third-order valence-corrected chi connectivity index (χ3v) is 4.31. The molecule has 0 spiro atoms. The van der Waals surface area contributed by atoms with Crippen LogP contribution < -0.4 is 10.6 Å². The number of rotatable bonds is 5. The molecule has 0 fully saturated rings. The van der Waals surface area contributed by atoms with Crippen LogP contribution in [0.2, 0.25) is 0 Å². The van der Waals surface area contributed by atoms with Gasteiger partial charge in [0, 0.05) is 18.0 Å². The van der Waals surface area contributed by atoms with E-state index in [1.54, 1.807) is 6.26 Å². The van der Waals surface area contributed by atoms with Crippen molar-refractivity contribution in [3.8, 4) is 0 Å². The maximum Gasteiger partial charge on any atom is 0.320 e. The third-order valence-electron chi connectivity index (χ3n) is 4.31. The predicted octanol–water partition coefficient (Wildman–Crippen LogP) is 3.95. The average Bonchev–Trinajstić information content (AvgIpc) is 3.15. The van der Waals surface area contributed by atoms with E-state index in [9.17, 15) is 4.79 Å². The number of carbonyl (C=O) groups excluding carboxylic acids is 1. The largest absolute Gasteiger partial charge is 0.468 e. The SMILES string of the molecule is CN(C)C(CNC(=O)Nc1cc(C(C)(C)C)nn1C(C)(C)C)c1ccco1. The molecule has 0 saturated carbocycles. The van der Waals surface area contributed by atoms with E-state index >= 15 is 0 Å². The Hall–Kier alpha value is -2.28. The summed E-state index contributed by atoms with van der Waals surface area (Å²) in [7, 11) is 3.91. The molecule has 2 aromatic rings. The standard InChI is InChI=1S/C20H33N5O2/c1-19(2,3)16-12-17(25(23-16)20(4,5)6)22-18(26)21-13-14(24(7)8)15-10-9-11-27-15/h9-12,14H,13H2,1-8H3,(H2,21,22,26). The molecule has 0 radical (unpaired) electrons. The molecule has 2 N–H and O–H groups in total. The molecule has 7 nitrogen and oxygen atoms in total. The zero-order valence-corrected chi connectivity index (χ0v) is 17.8.